The Balaban J connectivity index is 1.79. The van der Waals surface area contributed by atoms with Gasteiger partial charge in [0.25, 0.3) is 0 Å². The third-order valence-corrected chi connectivity index (χ3v) is 5.57. The lowest BCUT2D eigenvalue weighted by Gasteiger charge is -2.31. The predicted molar refractivity (Wildman–Crippen MR) is 92.8 cm³/mol. The molecule has 2 aliphatic heterocycles. The Bertz CT molecular complexity index is 641. The number of hydrogen-bond donors (Lipinski definition) is 0. The van der Waals surface area contributed by atoms with Crippen LogP contribution < -0.4 is 0 Å². The van der Waals surface area contributed by atoms with Gasteiger partial charge in [0.05, 0.1) is 18.6 Å². The Labute approximate surface area is 149 Å². The molecule has 6 heteroatoms. The van der Waals surface area contributed by atoms with Crippen molar-refractivity contribution in [2.75, 3.05) is 32.8 Å². The monoisotopic (exact) mass is 348 g/mol. The predicted octanol–water partition coefficient (Wildman–Crippen LogP) is 2.21. The average molecular weight is 348 g/mol. The Hall–Kier alpha value is -1.82. The highest BCUT2D eigenvalue weighted by atomic mass is 16.5. The van der Waals surface area contributed by atoms with Crippen molar-refractivity contribution in [2.24, 2.45) is 11.3 Å². The van der Waals surface area contributed by atoms with Gasteiger partial charge in [-0.3, -0.25) is 14.5 Å². The Morgan fingerprint density at radius 1 is 1.36 bits per heavy atom. The van der Waals surface area contributed by atoms with Crippen LogP contribution in [0.4, 0.5) is 0 Å². The van der Waals surface area contributed by atoms with Gasteiger partial charge in [-0.2, -0.15) is 0 Å². The standard InChI is InChI=1S/C19H28N2O4/c1-4-24-18(23)19-8-5-9-20(12-17-7-6-14(2)25-17)10-16(19)11-21(13-19)15(3)22/h6-7,16H,4-5,8-13H2,1-3H3/t16-,19-/m0/s1. The van der Waals surface area contributed by atoms with Crippen LogP contribution in [0.2, 0.25) is 0 Å². The highest BCUT2D eigenvalue weighted by molar-refractivity contribution is 5.81. The van der Waals surface area contributed by atoms with Crippen LogP contribution in [-0.2, 0) is 20.9 Å². The van der Waals surface area contributed by atoms with Gasteiger partial charge in [0, 0.05) is 32.5 Å². The van der Waals surface area contributed by atoms with E-state index < -0.39 is 5.41 Å². The van der Waals surface area contributed by atoms with Gasteiger partial charge in [-0.1, -0.05) is 0 Å². The molecule has 2 saturated heterocycles. The summed E-state index contributed by atoms with van der Waals surface area (Å²) in [4.78, 5) is 28.9. The first-order valence-corrected chi connectivity index (χ1v) is 9.15. The summed E-state index contributed by atoms with van der Waals surface area (Å²) in [6.45, 7) is 9.30. The van der Waals surface area contributed by atoms with Crippen LogP contribution in [0.15, 0.2) is 16.5 Å². The van der Waals surface area contributed by atoms with E-state index in [9.17, 15) is 9.59 Å². The molecule has 0 spiro atoms. The molecule has 138 valence electrons. The van der Waals surface area contributed by atoms with E-state index in [1.807, 2.05) is 30.9 Å². The topological polar surface area (TPSA) is 63.0 Å². The first kappa shape index (κ1) is 18.0. The number of rotatable bonds is 4. The van der Waals surface area contributed by atoms with E-state index in [4.69, 9.17) is 9.15 Å². The van der Waals surface area contributed by atoms with Crippen LogP contribution in [-0.4, -0.2) is 54.5 Å². The van der Waals surface area contributed by atoms with E-state index in [2.05, 4.69) is 4.90 Å². The number of esters is 1. The van der Waals surface area contributed by atoms with Crippen molar-refractivity contribution in [3.8, 4) is 0 Å². The molecule has 1 aromatic heterocycles. The molecule has 0 bridgehead atoms. The number of ether oxygens (including phenoxy) is 1. The molecule has 0 N–H and O–H groups in total. The lowest BCUT2D eigenvalue weighted by atomic mass is 9.75. The molecule has 0 saturated carbocycles. The van der Waals surface area contributed by atoms with Gasteiger partial charge in [0.1, 0.15) is 11.5 Å². The maximum atomic E-state index is 12.8. The fraction of sp³-hybridized carbons (Fsp3) is 0.684. The van der Waals surface area contributed by atoms with Gasteiger partial charge in [-0.25, -0.2) is 0 Å². The summed E-state index contributed by atoms with van der Waals surface area (Å²) in [6.07, 6.45) is 1.69. The zero-order valence-electron chi connectivity index (χ0n) is 15.4. The second-order valence-electron chi connectivity index (χ2n) is 7.32. The van der Waals surface area contributed by atoms with Gasteiger partial charge in [-0.05, 0) is 45.4 Å². The van der Waals surface area contributed by atoms with Crippen LogP contribution in [0.3, 0.4) is 0 Å². The molecule has 2 fully saturated rings. The van der Waals surface area contributed by atoms with Crippen LogP contribution in [0, 0.1) is 18.3 Å². The summed E-state index contributed by atoms with van der Waals surface area (Å²) in [7, 11) is 0. The number of carbonyl (C=O) groups is 2. The third kappa shape index (κ3) is 3.59. The number of fused-ring (bicyclic) bond motifs is 1. The van der Waals surface area contributed by atoms with E-state index in [1.54, 1.807) is 6.92 Å². The van der Waals surface area contributed by atoms with Crippen molar-refractivity contribution in [2.45, 2.75) is 40.2 Å². The summed E-state index contributed by atoms with van der Waals surface area (Å²) < 4.78 is 11.1. The summed E-state index contributed by atoms with van der Waals surface area (Å²) >= 11 is 0. The average Bonchev–Trinajstić information content (AvgIpc) is 3.08. The van der Waals surface area contributed by atoms with E-state index in [1.165, 1.54) is 0 Å². The maximum Gasteiger partial charge on any atom is 0.314 e. The second-order valence-corrected chi connectivity index (χ2v) is 7.32. The van der Waals surface area contributed by atoms with Crippen LogP contribution in [0.25, 0.3) is 0 Å². The smallest absolute Gasteiger partial charge is 0.314 e. The van der Waals surface area contributed by atoms with Crippen molar-refractivity contribution >= 4 is 11.9 Å². The van der Waals surface area contributed by atoms with Crippen molar-refractivity contribution in [3.05, 3.63) is 23.7 Å². The maximum absolute atomic E-state index is 12.8. The Morgan fingerprint density at radius 3 is 2.80 bits per heavy atom. The number of nitrogens with zero attached hydrogens (tertiary/aromatic N) is 2. The third-order valence-electron chi connectivity index (χ3n) is 5.57. The van der Waals surface area contributed by atoms with Crippen molar-refractivity contribution in [1.29, 1.82) is 0 Å². The minimum absolute atomic E-state index is 0.0324. The number of amides is 1. The summed E-state index contributed by atoms with van der Waals surface area (Å²) in [5, 5.41) is 0. The highest BCUT2D eigenvalue weighted by Crippen LogP contribution is 2.44. The summed E-state index contributed by atoms with van der Waals surface area (Å²) in [5.74, 6) is 1.86. The van der Waals surface area contributed by atoms with E-state index >= 15 is 0 Å². The minimum Gasteiger partial charge on any atom is -0.466 e. The highest BCUT2D eigenvalue weighted by Gasteiger charge is 2.54. The van der Waals surface area contributed by atoms with Gasteiger partial charge < -0.3 is 14.1 Å². The normalized spacial score (nSPS) is 27.0. The molecule has 6 nitrogen and oxygen atoms in total. The number of hydrogen-bond acceptors (Lipinski definition) is 5. The molecule has 25 heavy (non-hydrogen) atoms. The molecule has 0 radical (unpaired) electrons. The van der Waals surface area contributed by atoms with Crippen LogP contribution >= 0.6 is 0 Å². The number of furan rings is 1. The summed E-state index contributed by atoms with van der Waals surface area (Å²) in [5.41, 5.74) is -0.560. The lowest BCUT2D eigenvalue weighted by molar-refractivity contribution is -0.157. The first-order valence-electron chi connectivity index (χ1n) is 9.15. The Kier molecular flexibility index (Phi) is 5.18. The zero-order valence-corrected chi connectivity index (χ0v) is 15.4. The zero-order chi connectivity index (χ0) is 18.0. The van der Waals surface area contributed by atoms with Crippen molar-refractivity contribution < 1.29 is 18.7 Å². The quantitative estimate of drug-likeness (QED) is 0.781. The Morgan fingerprint density at radius 2 is 2.16 bits per heavy atom. The number of aryl methyl sites for hydroxylation is 1. The fourth-order valence-electron chi connectivity index (χ4n) is 4.29. The lowest BCUT2D eigenvalue weighted by Crippen LogP contribution is -2.42. The number of likely N-dealkylation sites (tertiary alicyclic amines) is 2. The van der Waals surface area contributed by atoms with Gasteiger partial charge in [0.2, 0.25) is 5.91 Å². The van der Waals surface area contributed by atoms with Crippen molar-refractivity contribution in [1.82, 2.24) is 9.80 Å². The molecule has 3 heterocycles. The van der Waals surface area contributed by atoms with E-state index in [0.717, 1.165) is 44.0 Å². The SMILES string of the molecule is CCOC(=O)[C@]12CCCN(Cc3ccc(C)o3)C[C@H]1CN(C(C)=O)C2. The second kappa shape index (κ2) is 7.20. The van der Waals surface area contributed by atoms with Gasteiger partial charge in [-0.15, -0.1) is 0 Å². The molecule has 1 amide bonds. The summed E-state index contributed by atoms with van der Waals surface area (Å²) in [6, 6.07) is 3.98. The van der Waals surface area contributed by atoms with Gasteiger partial charge in [0.15, 0.2) is 0 Å². The molecule has 2 aliphatic rings. The molecule has 0 aliphatic carbocycles. The molecule has 0 unspecified atom stereocenters. The fourth-order valence-corrected chi connectivity index (χ4v) is 4.29. The molecule has 3 rings (SSSR count). The first-order chi connectivity index (χ1) is 11.9. The van der Waals surface area contributed by atoms with Crippen LogP contribution in [0.5, 0.6) is 0 Å². The molecular weight excluding hydrogens is 320 g/mol. The van der Waals surface area contributed by atoms with E-state index in [0.29, 0.717) is 19.7 Å². The molecule has 0 aromatic carbocycles. The molecular formula is C19H28N2O4. The largest absolute Gasteiger partial charge is 0.466 e. The minimum atomic E-state index is -0.560. The number of carbonyl (C=O) groups excluding carboxylic acids is 2. The van der Waals surface area contributed by atoms with Crippen molar-refractivity contribution in [3.63, 3.8) is 0 Å². The van der Waals surface area contributed by atoms with Crippen LogP contribution in [0.1, 0.15) is 38.2 Å². The molecule has 2 atom stereocenters. The van der Waals surface area contributed by atoms with E-state index in [-0.39, 0.29) is 17.8 Å². The van der Waals surface area contributed by atoms with Gasteiger partial charge >= 0.3 is 5.97 Å². The molecule has 1 aromatic rings.